The highest BCUT2D eigenvalue weighted by atomic mass is 35.5. The van der Waals surface area contributed by atoms with Crippen molar-refractivity contribution in [3.8, 4) is 0 Å². The molecular formula is C19H22Cl2N2O4. The molecule has 1 unspecified atom stereocenters. The Morgan fingerprint density at radius 1 is 1.22 bits per heavy atom. The smallest absolute Gasteiger partial charge is 0.314 e. The standard InChI is InChI=1S/C19H22Cl2N2O4/c20-13-3-4-14(15(21)10-13)19(5-8-26-9-6-19)12-23-18(25)22-11-16(24)17-2-1-7-27-17/h1-4,7,10,16,24H,5-6,8-9,11-12H2,(H2,22,23,25). The molecule has 1 saturated heterocycles. The summed E-state index contributed by atoms with van der Waals surface area (Å²) in [6.45, 7) is 1.65. The molecule has 1 fully saturated rings. The van der Waals surface area contributed by atoms with Crippen molar-refractivity contribution in [2.24, 2.45) is 0 Å². The molecule has 8 heteroatoms. The first-order valence-corrected chi connectivity index (χ1v) is 9.52. The number of aliphatic hydroxyl groups excluding tert-OH is 1. The van der Waals surface area contributed by atoms with Crippen LogP contribution in [0.1, 0.15) is 30.3 Å². The molecule has 3 N–H and O–H groups in total. The first-order valence-electron chi connectivity index (χ1n) is 8.77. The first kappa shape index (κ1) is 20.0. The van der Waals surface area contributed by atoms with Gasteiger partial charge in [0, 0.05) is 35.2 Å². The number of carbonyl (C=O) groups excluding carboxylic acids is 1. The van der Waals surface area contributed by atoms with Gasteiger partial charge in [-0.15, -0.1) is 0 Å². The highest BCUT2D eigenvalue weighted by Crippen LogP contribution is 2.39. The van der Waals surface area contributed by atoms with Crippen LogP contribution in [-0.4, -0.2) is 37.4 Å². The number of hydrogen-bond donors (Lipinski definition) is 3. The maximum atomic E-state index is 12.2. The molecule has 1 aliphatic rings. The Kier molecular flexibility index (Phi) is 6.65. The Balaban J connectivity index is 1.62. The molecule has 0 spiro atoms. The fourth-order valence-corrected chi connectivity index (χ4v) is 3.91. The fraction of sp³-hybridized carbons (Fsp3) is 0.421. The number of urea groups is 1. The molecular weight excluding hydrogens is 391 g/mol. The Bertz CT molecular complexity index is 761. The van der Waals surface area contributed by atoms with Crippen molar-refractivity contribution in [3.05, 3.63) is 58.0 Å². The molecule has 146 valence electrons. The van der Waals surface area contributed by atoms with Crippen LogP contribution in [-0.2, 0) is 10.2 Å². The van der Waals surface area contributed by atoms with Crippen molar-refractivity contribution >= 4 is 29.2 Å². The van der Waals surface area contributed by atoms with E-state index in [0.29, 0.717) is 35.6 Å². The number of nitrogens with one attached hydrogen (secondary N) is 2. The number of hydrogen-bond acceptors (Lipinski definition) is 4. The molecule has 1 aliphatic heterocycles. The zero-order chi connectivity index (χ0) is 19.3. The molecule has 6 nitrogen and oxygen atoms in total. The van der Waals surface area contributed by atoms with Crippen molar-refractivity contribution in [3.63, 3.8) is 0 Å². The number of benzene rings is 1. The Morgan fingerprint density at radius 3 is 2.67 bits per heavy atom. The molecule has 0 aliphatic carbocycles. The van der Waals surface area contributed by atoms with Crippen LogP contribution in [0.4, 0.5) is 4.79 Å². The second kappa shape index (κ2) is 8.97. The van der Waals surface area contributed by atoms with E-state index in [2.05, 4.69) is 10.6 Å². The lowest BCUT2D eigenvalue weighted by atomic mass is 9.74. The van der Waals surface area contributed by atoms with Gasteiger partial charge in [-0.2, -0.15) is 0 Å². The van der Waals surface area contributed by atoms with Gasteiger partial charge in [0.2, 0.25) is 0 Å². The molecule has 1 aromatic carbocycles. The van der Waals surface area contributed by atoms with Gasteiger partial charge in [-0.1, -0.05) is 29.3 Å². The minimum atomic E-state index is -0.895. The van der Waals surface area contributed by atoms with Gasteiger partial charge in [0.25, 0.3) is 0 Å². The van der Waals surface area contributed by atoms with Crippen molar-refractivity contribution < 1.29 is 19.1 Å². The van der Waals surface area contributed by atoms with Crippen LogP contribution in [0.15, 0.2) is 41.0 Å². The van der Waals surface area contributed by atoms with Crippen LogP contribution in [0, 0.1) is 0 Å². The molecule has 1 aromatic heterocycles. The zero-order valence-corrected chi connectivity index (χ0v) is 16.2. The molecule has 2 amide bonds. The number of aliphatic hydroxyl groups is 1. The van der Waals surface area contributed by atoms with Crippen LogP contribution in [0.2, 0.25) is 10.0 Å². The van der Waals surface area contributed by atoms with Gasteiger partial charge in [0.15, 0.2) is 0 Å². The zero-order valence-electron chi connectivity index (χ0n) is 14.7. The van der Waals surface area contributed by atoms with E-state index < -0.39 is 6.10 Å². The highest BCUT2D eigenvalue weighted by molar-refractivity contribution is 6.35. The van der Waals surface area contributed by atoms with Crippen LogP contribution in [0.3, 0.4) is 0 Å². The minimum Gasteiger partial charge on any atom is -0.467 e. The maximum Gasteiger partial charge on any atom is 0.314 e. The summed E-state index contributed by atoms with van der Waals surface area (Å²) in [4.78, 5) is 12.2. The lowest BCUT2D eigenvalue weighted by molar-refractivity contribution is 0.0506. The fourth-order valence-electron chi connectivity index (χ4n) is 3.31. The van der Waals surface area contributed by atoms with Crippen molar-refractivity contribution in [1.29, 1.82) is 0 Å². The lowest BCUT2D eigenvalue weighted by Crippen LogP contribution is -2.48. The maximum absolute atomic E-state index is 12.2. The summed E-state index contributed by atoms with van der Waals surface area (Å²) in [6, 6.07) is 8.41. The normalized spacial score (nSPS) is 17.3. The average Bonchev–Trinajstić information content (AvgIpc) is 3.20. The number of furan rings is 1. The molecule has 0 saturated carbocycles. The molecule has 0 radical (unpaired) electrons. The highest BCUT2D eigenvalue weighted by Gasteiger charge is 2.36. The van der Waals surface area contributed by atoms with Crippen molar-refractivity contribution in [2.75, 3.05) is 26.3 Å². The van der Waals surface area contributed by atoms with Gasteiger partial charge in [0.05, 0.1) is 12.8 Å². The predicted octanol–water partition coefficient (Wildman–Crippen LogP) is 3.67. The van der Waals surface area contributed by atoms with Crippen LogP contribution >= 0.6 is 23.2 Å². The third-order valence-electron chi connectivity index (χ3n) is 4.87. The number of amides is 2. The van der Waals surface area contributed by atoms with Crippen molar-refractivity contribution in [2.45, 2.75) is 24.4 Å². The Labute approximate surface area is 167 Å². The Morgan fingerprint density at radius 2 is 2.00 bits per heavy atom. The minimum absolute atomic E-state index is 0.0527. The number of ether oxygens (including phenoxy) is 1. The summed E-state index contributed by atoms with van der Waals surface area (Å²) < 4.78 is 10.6. The summed E-state index contributed by atoms with van der Waals surface area (Å²) in [5.74, 6) is 0.407. The predicted molar refractivity (Wildman–Crippen MR) is 103 cm³/mol. The van der Waals surface area contributed by atoms with Crippen LogP contribution < -0.4 is 10.6 Å². The molecule has 2 aromatic rings. The van der Waals surface area contributed by atoms with E-state index in [4.69, 9.17) is 32.4 Å². The first-order chi connectivity index (χ1) is 13.0. The second-order valence-corrected chi connectivity index (χ2v) is 7.46. The van der Waals surface area contributed by atoms with E-state index in [9.17, 15) is 9.90 Å². The van der Waals surface area contributed by atoms with E-state index in [-0.39, 0.29) is 18.0 Å². The quantitative estimate of drug-likeness (QED) is 0.675. The third kappa shape index (κ3) is 4.96. The third-order valence-corrected chi connectivity index (χ3v) is 5.42. The average molecular weight is 413 g/mol. The van der Waals surface area contributed by atoms with Crippen LogP contribution in [0.5, 0.6) is 0 Å². The summed E-state index contributed by atoms with van der Waals surface area (Å²) >= 11 is 12.5. The topological polar surface area (TPSA) is 83.7 Å². The van der Waals surface area contributed by atoms with Gasteiger partial charge < -0.3 is 24.9 Å². The number of halogens is 2. The van der Waals surface area contributed by atoms with E-state index in [1.165, 1.54) is 6.26 Å². The largest absolute Gasteiger partial charge is 0.467 e. The van der Waals surface area contributed by atoms with Gasteiger partial charge in [0.1, 0.15) is 11.9 Å². The number of carbonyl (C=O) groups is 1. The molecule has 2 heterocycles. The molecule has 1 atom stereocenters. The van der Waals surface area contributed by atoms with Gasteiger partial charge in [-0.05, 0) is 42.7 Å². The molecule has 3 rings (SSSR count). The summed E-state index contributed by atoms with van der Waals surface area (Å²) in [5.41, 5.74) is 0.629. The SMILES string of the molecule is O=C(NCC(O)c1ccco1)NCC1(c2ccc(Cl)cc2Cl)CCOCC1. The van der Waals surface area contributed by atoms with Gasteiger partial charge in [-0.3, -0.25) is 0 Å². The van der Waals surface area contributed by atoms with E-state index >= 15 is 0 Å². The summed E-state index contributed by atoms with van der Waals surface area (Å²) in [6.07, 6.45) is 2.06. The van der Waals surface area contributed by atoms with E-state index in [1.54, 1.807) is 24.3 Å². The lowest BCUT2D eigenvalue weighted by Gasteiger charge is -2.38. The van der Waals surface area contributed by atoms with E-state index in [0.717, 1.165) is 18.4 Å². The summed E-state index contributed by atoms with van der Waals surface area (Å²) in [5, 5.41) is 16.7. The second-order valence-electron chi connectivity index (χ2n) is 6.61. The van der Waals surface area contributed by atoms with E-state index in [1.807, 2.05) is 6.07 Å². The monoisotopic (exact) mass is 412 g/mol. The molecule has 27 heavy (non-hydrogen) atoms. The molecule has 0 bridgehead atoms. The van der Waals surface area contributed by atoms with Gasteiger partial charge in [-0.25, -0.2) is 4.79 Å². The van der Waals surface area contributed by atoms with Gasteiger partial charge >= 0.3 is 6.03 Å². The van der Waals surface area contributed by atoms with Crippen LogP contribution in [0.25, 0.3) is 0 Å². The van der Waals surface area contributed by atoms with Crippen molar-refractivity contribution in [1.82, 2.24) is 10.6 Å². The Hall–Kier alpha value is -1.73. The summed E-state index contributed by atoms with van der Waals surface area (Å²) in [7, 11) is 0. The number of rotatable bonds is 6.